The molecule has 8 heteroatoms. The lowest BCUT2D eigenvalue weighted by atomic mass is 10.1. The van der Waals surface area contributed by atoms with Crippen molar-refractivity contribution in [2.24, 2.45) is 0 Å². The molecule has 2 aliphatic rings. The topological polar surface area (TPSA) is 42.4 Å². The molecule has 28 heavy (non-hydrogen) atoms. The summed E-state index contributed by atoms with van der Waals surface area (Å²) in [5.41, 5.74) is 2.57. The highest BCUT2D eigenvalue weighted by atomic mass is 35.5. The van der Waals surface area contributed by atoms with Gasteiger partial charge in [-0.05, 0) is 38.3 Å². The highest BCUT2D eigenvalue weighted by Gasteiger charge is 2.34. The van der Waals surface area contributed by atoms with Crippen molar-refractivity contribution in [3.63, 3.8) is 0 Å². The summed E-state index contributed by atoms with van der Waals surface area (Å²) in [4.78, 5) is 18.6. The van der Waals surface area contributed by atoms with Crippen LogP contribution in [0.15, 0.2) is 46.7 Å². The molecule has 1 aliphatic carbocycles. The second-order valence-corrected chi connectivity index (χ2v) is 7.23. The van der Waals surface area contributed by atoms with E-state index in [1.807, 2.05) is 25.2 Å². The summed E-state index contributed by atoms with van der Waals surface area (Å²) in [7, 11) is 0. The van der Waals surface area contributed by atoms with E-state index in [2.05, 4.69) is 4.98 Å². The fourth-order valence-electron chi connectivity index (χ4n) is 3.22. The minimum absolute atomic E-state index is 0.0691. The molecule has 1 unspecified atom stereocenters. The first-order valence-corrected chi connectivity index (χ1v) is 9.28. The maximum atomic E-state index is 12.9. The summed E-state index contributed by atoms with van der Waals surface area (Å²) >= 11 is 6.36. The number of aryl methyl sites for hydroxylation is 1. The van der Waals surface area contributed by atoms with E-state index < -0.39 is 12.8 Å². The molecule has 1 aliphatic heterocycles. The minimum atomic E-state index is -4.43. The maximum absolute atomic E-state index is 12.9. The van der Waals surface area contributed by atoms with Crippen LogP contribution in [-0.2, 0) is 4.79 Å². The fourth-order valence-corrected chi connectivity index (χ4v) is 3.50. The van der Waals surface area contributed by atoms with E-state index in [1.54, 1.807) is 17.9 Å². The number of pyridine rings is 1. The van der Waals surface area contributed by atoms with Crippen LogP contribution in [0.25, 0.3) is 0 Å². The highest BCUT2D eigenvalue weighted by Crippen LogP contribution is 2.35. The van der Waals surface area contributed by atoms with Crippen LogP contribution >= 0.6 is 11.6 Å². The van der Waals surface area contributed by atoms with Crippen LogP contribution in [-0.4, -0.2) is 35.1 Å². The van der Waals surface area contributed by atoms with Gasteiger partial charge in [0.15, 0.2) is 6.61 Å². The number of aromatic nitrogens is 1. The summed E-state index contributed by atoms with van der Waals surface area (Å²) < 4.78 is 41.8. The van der Waals surface area contributed by atoms with Crippen molar-refractivity contribution in [2.45, 2.75) is 38.9 Å². The Bertz CT molecular complexity index is 875. The molecule has 150 valence electrons. The number of rotatable bonds is 4. The Kier molecular flexibility index (Phi) is 5.84. The van der Waals surface area contributed by atoms with E-state index in [1.165, 1.54) is 6.20 Å². The number of ether oxygens (including phenoxy) is 1. The van der Waals surface area contributed by atoms with Crippen LogP contribution in [0, 0.1) is 6.92 Å². The van der Waals surface area contributed by atoms with Crippen molar-refractivity contribution in [1.82, 2.24) is 9.88 Å². The lowest BCUT2D eigenvalue weighted by molar-refractivity contribution is -0.154. The van der Waals surface area contributed by atoms with Gasteiger partial charge in [-0.15, -0.1) is 0 Å². The summed E-state index contributed by atoms with van der Waals surface area (Å²) in [6, 6.07) is 1.38. The third kappa shape index (κ3) is 4.41. The molecule has 3 rings (SSSR count). The van der Waals surface area contributed by atoms with Gasteiger partial charge in [-0.3, -0.25) is 4.79 Å². The molecular formula is C20H20ClF3N2O2. The van der Waals surface area contributed by atoms with E-state index in [-0.39, 0.29) is 17.8 Å². The minimum Gasteiger partial charge on any atom is -0.468 e. The molecule has 0 bridgehead atoms. The molecule has 0 spiro atoms. The van der Waals surface area contributed by atoms with Gasteiger partial charge in [0.1, 0.15) is 0 Å². The SMILES string of the molecule is Cc1cc(C(C)N2CC3=C(/C=C\CC/C=C3/Cl)C2=O)cnc1OCC(F)(F)F. The second kappa shape index (κ2) is 7.99. The highest BCUT2D eigenvalue weighted by molar-refractivity contribution is 6.33. The maximum Gasteiger partial charge on any atom is 0.422 e. The summed E-state index contributed by atoms with van der Waals surface area (Å²) in [5.74, 6) is -0.192. The number of carbonyl (C=O) groups excluding carboxylic acids is 1. The smallest absolute Gasteiger partial charge is 0.422 e. The first kappa shape index (κ1) is 20.5. The monoisotopic (exact) mass is 412 g/mol. The van der Waals surface area contributed by atoms with Crippen molar-refractivity contribution < 1.29 is 22.7 Å². The Labute approximate surface area is 166 Å². The molecule has 0 radical (unpaired) electrons. The lowest BCUT2D eigenvalue weighted by Crippen LogP contribution is -2.30. The Morgan fingerprint density at radius 1 is 1.36 bits per heavy atom. The van der Waals surface area contributed by atoms with E-state index in [0.29, 0.717) is 28.3 Å². The van der Waals surface area contributed by atoms with Gasteiger partial charge in [-0.25, -0.2) is 4.98 Å². The molecule has 1 aromatic heterocycles. The lowest BCUT2D eigenvalue weighted by Gasteiger charge is -2.26. The van der Waals surface area contributed by atoms with Gasteiger partial charge in [-0.1, -0.05) is 29.8 Å². The van der Waals surface area contributed by atoms with Crippen LogP contribution in [0.2, 0.25) is 0 Å². The predicted molar refractivity (Wildman–Crippen MR) is 100.0 cm³/mol. The average Bonchev–Trinajstić information content (AvgIpc) is 2.93. The van der Waals surface area contributed by atoms with Crippen LogP contribution in [0.1, 0.15) is 36.9 Å². The largest absolute Gasteiger partial charge is 0.468 e. The molecule has 1 atom stereocenters. The molecular weight excluding hydrogens is 393 g/mol. The summed E-state index contributed by atoms with van der Waals surface area (Å²) in [6.45, 7) is 2.46. The molecule has 0 aromatic carbocycles. The Balaban J connectivity index is 1.79. The Hall–Kier alpha value is -2.28. The number of halogens is 4. The standard InChI is InChI=1S/C20H20ClF3N2O2/c1-12-8-14(9-25-18(12)28-11-20(22,23)24)13(2)26-10-16-15(19(26)27)6-4-3-5-7-17(16)21/h4,6-9,13H,3,5,10-11H2,1-2H3/b6-4-,17-7+. The zero-order valence-electron chi connectivity index (χ0n) is 15.5. The molecule has 4 nitrogen and oxygen atoms in total. The summed E-state index contributed by atoms with van der Waals surface area (Å²) in [5, 5.41) is 0.590. The molecule has 0 saturated carbocycles. The van der Waals surface area contributed by atoms with Gasteiger partial charge in [0.05, 0.1) is 6.04 Å². The van der Waals surface area contributed by atoms with Crippen LogP contribution < -0.4 is 4.74 Å². The molecule has 0 saturated heterocycles. The van der Waals surface area contributed by atoms with Gasteiger partial charge in [0, 0.05) is 34.5 Å². The van der Waals surface area contributed by atoms with Crippen LogP contribution in [0.3, 0.4) is 0 Å². The Morgan fingerprint density at radius 2 is 2.11 bits per heavy atom. The van der Waals surface area contributed by atoms with E-state index in [0.717, 1.165) is 18.4 Å². The van der Waals surface area contributed by atoms with Gasteiger partial charge in [0.25, 0.3) is 5.91 Å². The number of allylic oxidation sites excluding steroid dienone is 2. The van der Waals surface area contributed by atoms with Crippen molar-refractivity contribution >= 4 is 17.5 Å². The normalized spacial score (nSPS) is 21.6. The molecule has 0 N–H and O–H groups in total. The van der Waals surface area contributed by atoms with Gasteiger partial charge in [0.2, 0.25) is 5.88 Å². The first-order valence-electron chi connectivity index (χ1n) is 8.90. The zero-order valence-corrected chi connectivity index (χ0v) is 16.3. The third-order valence-electron chi connectivity index (χ3n) is 4.75. The Morgan fingerprint density at radius 3 is 2.79 bits per heavy atom. The number of nitrogens with zero attached hydrogens (tertiary/aromatic N) is 2. The van der Waals surface area contributed by atoms with Gasteiger partial charge >= 0.3 is 6.18 Å². The van der Waals surface area contributed by atoms with E-state index in [4.69, 9.17) is 16.3 Å². The number of alkyl halides is 3. The second-order valence-electron chi connectivity index (χ2n) is 6.83. The number of hydrogen-bond donors (Lipinski definition) is 0. The molecule has 2 heterocycles. The van der Waals surface area contributed by atoms with Crippen molar-refractivity contribution in [1.29, 1.82) is 0 Å². The average molecular weight is 413 g/mol. The van der Waals surface area contributed by atoms with Crippen molar-refractivity contribution in [2.75, 3.05) is 13.2 Å². The molecule has 0 fully saturated rings. The molecule has 1 amide bonds. The molecule has 1 aromatic rings. The predicted octanol–water partition coefficient (Wildman–Crippen LogP) is 5.00. The third-order valence-corrected chi connectivity index (χ3v) is 5.13. The van der Waals surface area contributed by atoms with Crippen LogP contribution in [0.5, 0.6) is 5.88 Å². The van der Waals surface area contributed by atoms with Crippen molar-refractivity contribution in [3.05, 3.63) is 57.8 Å². The van der Waals surface area contributed by atoms with Crippen molar-refractivity contribution in [3.8, 4) is 5.88 Å². The first-order chi connectivity index (χ1) is 13.2. The number of amides is 1. The fraction of sp³-hybridized carbons (Fsp3) is 0.400. The zero-order chi connectivity index (χ0) is 20.5. The number of carbonyl (C=O) groups is 1. The van der Waals surface area contributed by atoms with Crippen LogP contribution in [0.4, 0.5) is 13.2 Å². The number of hydrogen-bond acceptors (Lipinski definition) is 3. The van der Waals surface area contributed by atoms with Gasteiger partial charge in [-0.2, -0.15) is 13.2 Å². The van der Waals surface area contributed by atoms with E-state index >= 15 is 0 Å². The van der Waals surface area contributed by atoms with E-state index in [9.17, 15) is 18.0 Å². The quantitative estimate of drug-likeness (QED) is 0.698. The van der Waals surface area contributed by atoms with Gasteiger partial charge < -0.3 is 9.64 Å². The summed E-state index contributed by atoms with van der Waals surface area (Å²) in [6.07, 6.45) is 4.35.